The smallest absolute Gasteiger partial charge is 0.422 e. The summed E-state index contributed by atoms with van der Waals surface area (Å²) in [5, 5.41) is 2.99. The molecule has 2 heterocycles. The van der Waals surface area contributed by atoms with E-state index >= 15 is 0 Å². The number of aromatic nitrogens is 2. The Morgan fingerprint density at radius 3 is 2.67 bits per heavy atom. The molecular formula is C13H11BrF3N3O. The van der Waals surface area contributed by atoms with Crippen LogP contribution in [0.3, 0.4) is 0 Å². The molecule has 0 aliphatic heterocycles. The average Bonchev–Trinajstić information content (AvgIpc) is 2.44. The molecule has 1 N–H and O–H groups in total. The van der Waals surface area contributed by atoms with E-state index in [-0.39, 0.29) is 12.4 Å². The predicted molar refractivity (Wildman–Crippen MR) is 75.1 cm³/mol. The fourth-order valence-electron chi connectivity index (χ4n) is 1.50. The van der Waals surface area contributed by atoms with Gasteiger partial charge >= 0.3 is 6.18 Å². The van der Waals surface area contributed by atoms with Gasteiger partial charge in [0, 0.05) is 29.0 Å². The summed E-state index contributed by atoms with van der Waals surface area (Å²) in [4.78, 5) is 7.93. The van der Waals surface area contributed by atoms with Gasteiger partial charge in [-0.15, -0.1) is 0 Å². The third-order valence-electron chi connectivity index (χ3n) is 2.41. The lowest BCUT2D eigenvalue weighted by molar-refractivity contribution is -0.154. The molecule has 0 spiro atoms. The predicted octanol–water partition coefficient (Wildman–Crippen LogP) is 3.79. The third kappa shape index (κ3) is 5.22. The molecule has 0 aliphatic rings. The zero-order valence-corrected chi connectivity index (χ0v) is 12.3. The highest BCUT2D eigenvalue weighted by Gasteiger charge is 2.29. The van der Waals surface area contributed by atoms with Crippen LogP contribution >= 0.6 is 15.9 Å². The first-order chi connectivity index (χ1) is 9.94. The number of ether oxygens (including phenoxy) is 1. The van der Waals surface area contributed by atoms with Crippen LogP contribution < -0.4 is 10.1 Å². The van der Waals surface area contributed by atoms with Gasteiger partial charge in [-0.1, -0.05) is 6.07 Å². The average molecular weight is 362 g/mol. The Kier molecular flexibility index (Phi) is 5.00. The van der Waals surface area contributed by atoms with Crippen molar-refractivity contribution in [2.75, 3.05) is 11.9 Å². The molecule has 0 unspecified atom stereocenters. The summed E-state index contributed by atoms with van der Waals surface area (Å²) in [5.74, 6) is 0.559. The van der Waals surface area contributed by atoms with Gasteiger partial charge in [0.25, 0.3) is 0 Å². The number of nitrogens with zero attached hydrogens (tertiary/aromatic N) is 2. The van der Waals surface area contributed by atoms with E-state index in [1.165, 1.54) is 6.20 Å². The molecule has 21 heavy (non-hydrogen) atoms. The first-order valence-corrected chi connectivity index (χ1v) is 6.72. The highest BCUT2D eigenvalue weighted by molar-refractivity contribution is 9.10. The summed E-state index contributed by atoms with van der Waals surface area (Å²) in [6.45, 7) is -1.11. The number of pyridine rings is 2. The molecule has 2 rings (SSSR count). The minimum absolute atomic E-state index is 0.0422. The summed E-state index contributed by atoms with van der Waals surface area (Å²) in [7, 11) is 0. The van der Waals surface area contributed by atoms with Crippen molar-refractivity contribution in [2.24, 2.45) is 0 Å². The fourth-order valence-corrected chi connectivity index (χ4v) is 1.74. The number of hydrogen-bond donors (Lipinski definition) is 1. The third-order valence-corrected chi connectivity index (χ3v) is 2.88. The Labute approximate surface area is 127 Å². The molecule has 8 heteroatoms. The van der Waals surface area contributed by atoms with Crippen molar-refractivity contribution in [3.63, 3.8) is 0 Å². The van der Waals surface area contributed by atoms with Gasteiger partial charge in [-0.25, -0.2) is 9.97 Å². The van der Waals surface area contributed by atoms with E-state index in [0.717, 1.165) is 4.47 Å². The summed E-state index contributed by atoms with van der Waals surface area (Å²) in [6.07, 6.45) is -1.39. The molecule has 2 aromatic rings. The van der Waals surface area contributed by atoms with E-state index in [0.29, 0.717) is 11.4 Å². The normalized spacial score (nSPS) is 11.2. The molecule has 0 aromatic carbocycles. The van der Waals surface area contributed by atoms with Crippen LogP contribution in [0.4, 0.5) is 19.0 Å². The Hall–Kier alpha value is -1.83. The van der Waals surface area contributed by atoms with Crippen LogP contribution in [-0.2, 0) is 6.54 Å². The Bertz CT molecular complexity index is 590. The van der Waals surface area contributed by atoms with Gasteiger partial charge in [0.2, 0.25) is 5.88 Å². The van der Waals surface area contributed by atoms with Crippen molar-refractivity contribution in [3.8, 4) is 5.88 Å². The Morgan fingerprint density at radius 2 is 2.00 bits per heavy atom. The van der Waals surface area contributed by atoms with Crippen LogP contribution in [0.5, 0.6) is 5.88 Å². The van der Waals surface area contributed by atoms with Crippen LogP contribution in [0.25, 0.3) is 0 Å². The second-order valence-corrected chi connectivity index (χ2v) is 5.00. The standard InChI is InChI=1S/C13H11BrF3N3O/c14-10-3-4-11(20-7-10)19-6-9-2-1-5-18-12(9)21-8-13(15,16)17/h1-5,7H,6,8H2,(H,19,20). The van der Waals surface area contributed by atoms with E-state index in [4.69, 9.17) is 4.74 Å². The van der Waals surface area contributed by atoms with Crippen molar-refractivity contribution in [1.29, 1.82) is 0 Å². The maximum absolute atomic E-state index is 12.2. The van der Waals surface area contributed by atoms with Gasteiger partial charge < -0.3 is 10.1 Å². The van der Waals surface area contributed by atoms with Gasteiger partial charge in [-0.3, -0.25) is 0 Å². The number of nitrogens with one attached hydrogen (secondary N) is 1. The highest BCUT2D eigenvalue weighted by Crippen LogP contribution is 2.20. The van der Waals surface area contributed by atoms with Gasteiger partial charge in [-0.2, -0.15) is 13.2 Å². The maximum Gasteiger partial charge on any atom is 0.422 e. The molecule has 0 atom stereocenters. The molecule has 0 saturated carbocycles. The Morgan fingerprint density at radius 1 is 1.19 bits per heavy atom. The van der Waals surface area contributed by atoms with Crippen molar-refractivity contribution in [2.45, 2.75) is 12.7 Å². The van der Waals surface area contributed by atoms with Gasteiger partial charge in [-0.05, 0) is 34.1 Å². The summed E-state index contributed by atoms with van der Waals surface area (Å²) < 4.78 is 42.1. The van der Waals surface area contributed by atoms with Crippen molar-refractivity contribution >= 4 is 21.7 Å². The molecule has 0 radical (unpaired) electrons. The van der Waals surface area contributed by atoms with Crippen molar-refractivity contribution in [1.82, 2.24) is 9.97 Å². The van der Waals surface area contributed by atoms with Gasteiger partial charge in [0.1, 0.15) is 5.82 Å². The SMILES string of the molecule is FC(F)(F)COc1ncccc1CNc1ccc(Br)cn1. The second kappa shape index (κ2) is 6.75. The fraction of sp³-hybridized carbons (Fsp3) is 0.231. The largest absolute Gasteiger partial charge is 0.468 e. The zero-order valence-electron chi connectivity index (χ0n) is 10.7. The summed E-state index contributed by atoms with van der Waals surface area (Å²) >= 11 is 3.27. The molecule has 4 nitrogen and oxygen atoms in total. The molecule has 2 aromatic heterocycles. The summed E-state index contributed by atoms with van der Waals surface area (Å²) in [5.41, 5.74) is 0.520. The van der Waals surface area contributed by atoms with Crippen molar-refractivity contribution in [3.05, 3.63) is 46.7 Å². The molecule has 0 fully saturated rings. The first kappa shape index (κ1) is 15.6. The molecule has 0 saturated heterocycles. The lowest BCUT2D eigenvalue weighted by atomic mass is 10.2. The number of halogens is 4. The number of hydrogen-bond acceptors (Lipinski definition) is 4. The van der Waals surface area contributed by atoms with Crippen LogP contribution in [0.2, 0.25) is 0 Å². The molecule has 112 valence electrons. The molecule has 0 bridgehead atoms. The van der Waals surface area contributed by atoms with Crippen molar-refractivity contribution < 1.29 is 17.9 Å². The maximum atomic E-state index is 12.2. The Balaban J connectivity index is 2.01. The first-order valence-electron chi connectivity index (χ1n) is 5.93. The number of alkyl halides is 3. The van der Waals surface area contributed by atoms with Crippen LogP contribution in [-0.4, -0.2) is 22.8 Å². The highest BCUT2D eigenvalue weighted by atomic mass is 79.9. The minimum Gasteiger partial charge on any atom is -0.468 e. The van der Waals surface area contributed by atoms with Crippen LogP contribution in [0.1, 0.15) is 5.56 Å². The van der Waals surface area contributed by atoms with E-state index in [9.17, 15) is 13.2 Å². The van der Waals surface area contributed by atoms with Crippen LogP contribution in [0, 0.1) is 0 Å². The molecule has 0 aliphatic carbocycles. The van der Waals surface area contributed by atoms with Gasteiger partial charge in [0.05, 0.1) is 0 Å². The lowest BCUT2D eigenvalue weighted by Crippen LogP contribution is -2.20. The monoisotopic (exact) mass is 361 g/mol. The zero-order chi connectivity index (χ0) is 15.3. The number of anilines is 1. The van der Waals surface area contributed by atoms with E-state index in [2.05, 4.69) is 31.2 Å². The van der Waals surface area contributed by atoms with E-state index < -0.39 is 12.8 Å². The summed E-state index contributed by atoms with van der Waals surface area (Å²) in [6, 6.07) is 6.83. The molecule has 0 amide bonds. The lowest BCUT2D eigenvalue weighted by Gasteiger charge is -2.12. The minimum atomic E-state index is -4.39. The second-order valence-electron chi connectivity index (χ2n) is 4.09. The topological polar surface area (TPSA) is 47.0 Å². The van der Waals surface area contributed by atoms with Crippen LogP contribution in [0.15, 0.2) is 41.1 Å². The number of rotatable bonds is 5. The quantitative estimate of drug-likeness (QED) is 0.879. The van der Waals surface area contributed by atoms with Gasteiger partial charge in [0.15, 0.2) is 6.61 Å². The van der Waals surface area contributed by atoms with E-state index in [1.54, 1.807) is 30.5 Å². The van der Waals surface area contributed by atoms with E-state index in [1.807, 2.05) is 0 Å². The molecular weight excluding hydrogens is 351 g/mol.